The lowest BCUT2D eigenvalue weighted by Crippen LogP contribution is -1.95. The average Bonchev–Trinajstić information content (AvgIpc) is 2.31. The number of hydrogen-bond acceptors (Lipinski definition) is 3. The fraction of sp³-hybridized carbons (Fsp3) is 0.333. The quantitative estimate of drug-likeness (QED) is 0.615. The third kappa shape index (κ3) is 1.41. The van der Waals surface area contributed by atoms with E-state index in [0.717, 1.165) is 5.69 Å². The molecule has 0 aliphatic rings. The highest BCUT2D eigenvalue weighted by Gasteiger charge is 1.90. The van der Waals surface area contributed by atoms with Crippen molar-refractivity contribution in [2.75, 3.05) is 6.54 Å². The molecule has 2 N–H and O–H groups in total. The van der Waals surface area contributed by atoms with E-state index in [1.165, 1.54) is 0 Å². The summed E-state index contributed by atoms with van der Waals surface area (Å²) >= 11 is 0. The Morgan fingerprint density at radius 1 is 1.80 bits per heavy atom. The molecule has 4 heteroatoms. The summed E-state index contributed by atoms with van der Waals surface area (Å²) < 4.78 is 1.69. The molecule has 10 heavy (non-hydrogen) atoms. The van der Waals surface area contributed by atoms with Gasteiger partial charge in [0.15, 0.2) is 0 Å². The van der Waals surface area contributed by atoms with Crippen LogP contribution in [0.2, 0.25) is 0 Å². The van der Waals surface area contributed by atoms with Crippen molar-refractivity contribution in [2.45, 2.75) is 0 Å². The molecule has 0 radical (unpaired) electrons. The molecule has 54 valence electrons. The Balaban J connectivity index is 2.74. The topological polar surface area (TPSA) is 56.7 Å². The third-order valence-electron chi connectivity index (χ3n) is 1.17. The van der Waals surface area contributed by atoms with Gasteiger partial charge in [0, 0.05) is 13.6 Å². The van der Waals surface area contributed by atoms with Crippen LogP contribution in [0, 0.1) is 0 Å². The lowest BCUT2D eigenvalue weighted by Gasteiger charge is -1.89. The molecule has 0 atom stereocenters. The second-order valence-corrected chi connectivity index (χ2v) is 1.92. The van der Waals surface area contributed by atoms with Crippen LogP contribution in [0.25, 0.3) is 6.08 Å². The maximum Gasteiger partial charge on any atom is 0.0807 e. The second-order valence-electron chi connectivity index (χ2n) is 1.92. The molecular formula is C6H10N4. The summed E-state index contributed by atoms with van der Waals surface area (Å²) in [6, 6.07) is 0. The Bertz CT molecular complexity index is 225. The van der Waals surface area contributed by atoms with Gasteiger partial charge in [-0.3, -0.25) is 0 Å². The van der Waals surface area contributed by atoms with Crippen LogP contribution in [0.1, 0.15) is 5.69 Å². The van der Waals surface area contributed by atoms with Crippen LogP contribution in [0.3, 0.4) is 0 Å². The molecule has 1 aromatic heterocycles. The number of nitrogens with zero attached hydrogens (tertiary/aromatic N) is 3. The number of nitrogens with two attached hydrogens (primary N) is 1. The van der Waals surface area contributed by atoms with Crippen LogP contribution in [0.5, 0.6) is 0 Å². The van der Waals surface area contributed by atoms with Gasteiger partial charge in [0.25, 0.3) is 0 Å². The lowest BCUT2D eigenvalue weighted by molar-refractivity contribution is 0.709. The third-order valence-corrected chi connectivity index (χ3v) is 1.17. The van der Waals surface area contributed by atoms with Crippen molar-refractivity contribution in [3.05, 3.63) is 18.0 Å². The first-order chi connectivity index (χ1) is 4.84. The van der Waals surface area contributed by atoms with Gasteiger partial charge in [0.1, 0.15) is 0 Å². The van der Waals surface area contributed by atoms with Gasteiger partial charge in [0.05, 0.1) is 11.9 Å². The summed E-state index contributed by atoms with van der Waals surface area (Å²) in [4.78, 5) is 0. The van der Waals surface area contributed by atoms with Gasteiger partial charge >= 0.3 is 0 Å². The number of rotatable bonds is 2. The molecule has 0 saturated heterocycles. The highest BCUT2D eigenvalue weighted by Crippen LogP contribution is 1.94. The van der Waals surface area contributed by atoms with Gasteiger partial charge in [-0.25, -0.2) is 4.68 Å². The van der Waals surface area contributed by atoms with E-state index < -0.39 is 0 Å². The monoisotopic (exact) mass is 138 g/mol. The lowest BCUT2D eigenvalue weighted by atomic mass is 10.4. The minimum absolute atomic E-state index is 0.547. The zero-order valence-electron chi connectivity index (χ0n) is 5.86. The maximum atomic E-state index is 5.26. The van der Waals surface area contributed by atoms with E-state index in [0.29, 0.717) is 6.54 Å². The van der Waals surface area contributed by atoms with Gasteiger partial charge in [-0.15, -0.1) is 5.10 Å². The molecule has 0 aliphatic carbocycles. The van der Waals surface area contributed by atoms with Crippen molar-refractivity contribution in [3.63, 3.8) is 0 Å². The Hall–Kier alpha value is -1.16. The van der Waals surface area contributed by atoms with Gasteiger partial charge in [-0.2, -0.15) is 0 Å². The normalized spacial score (nSPS) is 11.0. The molecule has 0 spiro atoms. The molecule has 1 heterocycles. The molecule has 1 rings (SSSR count). The zero-order valence-corrected chi connectivity index (χ0v) is 5.86. The Morgan fingerprint density at radius 3 is 3.10 bits per heavy atom. The zero-order chi connectivity index (χ0) is 7.40. The predicted molar refractivity (Wildman–Crippen MR) is 39.1 cm³/mol. The van der Waals surface area contributed by atoms with Crippen molar-refractivity contribution in [3.8, 4) is 0 Å². The van der Waals surface area contributed by atoms with Crippen molar-refractivity contribution >= 4 is 6.08 Å². The first-order valence-electron chi connectivity index (χ1n) is 3.06. The van der Waals surface area contributed by atoms with Gasteiger partial charge < -0.3 is 5.73 Å². The molecule has 0 aromatic carbocycles. The average molecular weight is 138 g/mol. The number of hydrogen-bond donors (Lipinski definition) is 1. The highest BCUT2D eigenvalue weighted by molar-refractivity contribution is 5.42. The molecule has 0 amide bonds. The summed E-state index contributed by atoms with van der Waals surface area (Å²) in [6.07, 6.45) is 5.44. The Morgan fingerprint density at radius 2 is 2.60 bits per heavy atom. The van der Waals surface area contributed by atoms with Gasteiger partial charge in [0.2, 0.25) is 0 Å². The minimum Gasteiger partial charge on any atom is -0.327 e. The largest absolute Gasteiger partial charge is 0.327 e. The fourth-order valence-corrected chi connectivity index (χ4v) is 0.637. The van der Waals surface area contributed by atoms with Crippen LogP contribution >= 0.6 is 0 Å². The molecule has 0 unspecified atom stereocenters. The van der Waals surface area contributed by atoms with Crippen LogP contribution in [-0.2, 0) is 7.05 Å². The van der Waals surface area contributed by atoms with Crippen LogP contribution in [0.15, 0.2) is 12.3 Å². The van der Waals surface area contributed by atoms with Crippen LogP contribution < -0.4 is 5.73 Å². The number of aromatic nitrogens is 3. The summed E-state index contributed by atoms with van der Waals surface area (Å²) in [5.41, 5.74) is 6.22. The molecule has 0 fully saturated rings. The van der Waals surface area contributed by atoms with E-state index in [1.54, 1.807) is 10.9 Å². The van der Waals surface area contributed by atoms with Gasteiger partial charge in [-0.1, -0.05) is 11.3 Å². The Kier molecular flexibility index (Phi) is 2.17. The highest BCUT2D eigenvalue weighted by atomic mass is 15.4. The molecule has 1 aromatic rings. The van der Waals surface area contributed by atoms with Crippen LogP contribution in [-0.4, -0.2) is 21.5 Å². The Labute approximate surface area is 59.3 Å². The van der Waals surface area contributed by atoms with E-state index in [2.05, 4.69) is 10.3 Å². The first-order valence-corrected chi connectivity index (χ1v) is 3.06. The van der Waals surface area contributed by atoms with Crippen molar-refractivity contribution < 1.29 is 0 Å². The first kappa shape index (κ1) is 6.95. The van der Waals surface area contributed by atoms with E-state index in [9.17, 15) is 0 Å². The maximum absolute atomic E-state index is 5.26. The van der Waals surface area contributed by atoms with Crippen molar-refractivity contribution in [2.24, 2.45) is 12.8 Å². The molecule has 4 nitrogen and oxygen atoms in total. The molecular weight excluding hydrogens is 128 g/mol. The van der Waals surface area contributed by atoms with Crippen molar-refractivity contribution in [1.29, 1.82) is 0 Å². The van der Waals surface area contributed by atoms with Crippen LogP contribution in [0.4, 0.5) is 0 Å². The summed E-state index contributed by atoms with van der Waals surface area (Å²) in [5.74, 6) is 0. The van der Waals surface area contributed by atoms with E-state index in [4.69, 9.17) is 5.73 Å². The predicted octanol–water partition coefficient (Wildman–Crippen LogP) is -0.213. The molecule has 0 saturated carbocycles. The molecule has 0 bridgehead atoms. The second kappa shape index (κ2) is 3.12. The SMILES string of the molecule is Cn1nncc1/C=C/CN. The van der Waals surface area contributed by atoms with E-state index >= 15 is 0 Å². The molecule has 0 aliphatic heterocycles. The summed E-state index contributed by atoms with van der Waals surface area (Å²) in [6.45, 7) is 0.547. The summed E-state index contributed by atoms with van der Waals surface area (Å²) in [7, 11) is 1.84. The standard InChI is InChI=1S/C6H10N4/c1-10-6(3-2-4-7)5-8-9-10/h2-3,5H,4,7H2,1H3/b3-2+. The van der Waals surface area contributed by atoms with E-state index in [1.807, 2.05) is 19.2 Å². The van der Waals surface area contributed by atoms with Crippen molar-refractivity contribution in [1.82, 2.24) is 15.0 Å². The smallest absolute Gasteiger partial charge is 0.0807 e. The summed E-state index contributed by atoms with van der Waals surface area (Å²) in [5, 5.41) is 7.44. The minimum atomic E-state index is 0.547. The van der Waals surface area contributed by atoms with Gasteiger partial charge in [-0.05, 0) is 6.08 Å². The fourth-order valence-electron chi connectivity index (χ4n) is 0.637. The number of aryl methyl sites for hydroxylation is 1. The van der Waals surface area contributed by atoms with E-state index in [-0.39, 0.29) is 0 Å².